The summed E-state index contributed by atoms with van der Waals surface area (Å²) in [6.45, 7) is 8.24. The standard InChI is InChI=1S/C14H27NO2/c1-10(2)9-14(4,13(16)17)15-12-7-5-6-11(3)8-12/h10-12,15H,5-9H2,1-4H3,(H,16,17). The van der Waals surface area contributed by atoms with Crippen LogP contribution in [0.5, 0.6) is 0 Å². The molecule has 1 rings (SSSR count). The van der Waals surface area contributed by atoms with Crippen LogP contribution in [0.4, 0.5) is 0 Å². The molecule has 0 radical (unpaired) electrons. The average Bonchev–Trinajstić information content (AvgIpc) is 2.15. The molecule has 100 valence electrons. The number of carboxylic acids is 1. The van der Waals surface area contributed by atoms with Gasteiger partial charge in [0.15, 0.2) is 0 Å². The molecule has 3 nitrogen and oxygen atoms in total. The van der Waals surface area contributed by atoms with Crippen LogP contribution >= 0.6 is 0 Å². The Bertz CT molecular complexity index is 265. The van der Waals surface area contributed by atoms with Crippen LogP contribution in [0.15, 0.2) is 0 Å². The zero-order valence-electron chi connectivity index (χ0n) is 11.6. The number of rotatable bonds is 5. The van der Waals surface area contributed by atoms with Gasteiger partial charge in [-0.15, -0.1) is 0 Å². The molecule has 0 saturated heterocycles. The van der Waals surface area contributed by atoms with Gasteiger partial charge in [0.1, 0.15) is 5.54 Å². The molecule has 1 saturated carbocycles. The fraction of sp³-hybridized carbons (Fsp3) is 0.929. The number of aliphatic carboxylic acids is 1. The van der Waals surface area contributed by atoms with Gasteiger partial charge in [0.25, 0.3) is 0 Å². The Morgan fingerprint density at radius 1 is 1.47 bits per heavy atom. The van der Waals surface area contributed by atoms with Crippen molar-refractivity contribution in [2.45, 2.75) is 71.4 Å². The predicted molar refractivity (Wildman–Crippen MR) is 70.1 cm³/mol. The maximum atomic E-state index is 11.4. The van der Waals surface area contributed by atoms with Gasteiger partial charge < -0.3 is 5.11 Å². The maximum absolute atomic E-state index is 11.4. The van der Waals surface area contributed by atoms with Crippen LogP contribution < -0.4 is 5.32 Å². The van der Waals surface area contributed by atoms with Crippen molar-refractivity contribution in [2.75, 3.05) is 0 Å². The fourth-order valence-electron chi connectivity index (χ4n) is 3.04. The molecule has 2 N–H and O–H groups in total. The minimum absolute atomic E-state index is 0.374. The molecule has 0 amide bonds. The highest BCUT2D eigenvalue weighted by atomic mass is 16.4. The van der Waals surface area contributed by atoms with E-state index < -0.39 is 11.5 Å². The molecule has 3 atom stereocenters. The van der Waals surface area contributed by atoms with Crippen LogP contribution in [0.25, 0.3) is 0 Å². The van der Waals surface area contributed by atoms with E-state index in [0.29, 0.717) is 18.4 Å². The lowest BCUT2D eigenvalue weighted by Gasteiger charge is -2.36. The molecule has 1 aliphatic rings. The van der Waals surface area contributed by atoms with Gasteiger partial charge in [0.2, 0.25) is 0 Å². The van der Waals surface area contributed by atoms with E-state index in [4.69, 9.17) is 0 Å². The van der Waals surface area contributed by atoms with E-state index in [2.05, 4.69) is 26.1 Å². The second-order valence-corrected chi connectivity index (χ2v) is 6.35. The first-order chi connectivity index (χ1) is 7.83. The first kappa shape index (κ1) is 14.5. The molecule has 3 unspecified atom stereocenters. The lowest BCUT2D eigenvalue weighted by Crippen LogP contribution is -2.55. The third-order valence-electron chi connectivity index (χ3n) is 3.75. The van der Waals surface area contributed by atoms with E-state index in [1.54, 1.807) is 0 Å². The number of hydrogen-bond donors (Lipinski definition) is 2. The highest BCUT2D eigenvalue weighted by Crippen LogP contribution is 2.27. The Morgan fingerprint density at radius 3 is 2.59 bits per heavy atom. The van der Waals surface area contributed by atoms with Crippen molar-refractivity contribution in [3.05, 3.63) is 0 Å². The lowest BCUT2D eigenvalue weighted by molar-refractivity contribution is -0.145. The van der Waals surface area contributed by atoms with Gasteiger partial charge in [-0.05, 0) is 38.0 Å². The quantitative estimate of drug-likeness (QED) is 0.778. The highest BCUT2D eigenvalue weighted by molar-refractivity contribution is 5.78. The average molecular weight is 241 g/mol. The monoisotopic (exact) mass is 241 g/mol. The summed E-state index contributed by atoms with van der Waals surface area (Å²) in [4.78, 5) is 11.4. The lowest BCUT2D eigenvalue weighted by atomic mass is 9.83. The third-order valence-corrected chi connectivity index (χ3v) is 3.75. The first-order valence-corrected chi connectivity index (χ1v) is 6.84. The SMILES string of the molecule is CC(C)CC(C)(NC1CCCC(C)C1)C(=O)O. The molecule has 0 bridgehead atoms. The summed E-state index contributed by atoms with van der Waals surface area (Å²) in [5.74, 6) is 0.396. The maximum Gasteiger partial charge on any atom is 0.323 e. The van der Waals surface area contributed by atoms with E-state index in [-0.39, 0.29) is 0 Å². The molecule has 0 aliphatic heterocycles. The summed E-state index contributed by atoms with van der Waals surface area (Å²) in [6.07, 6.45) is 5.42. The van der Waals surface area contributed by atoms with Crippen molar-refractivity contribution >= 4 is 5.97 Å². The highest BCUT2D eigenvalue weighted by Gasteiger charge is 2.36. The molecule has 0 aromatic rings. The molecule has 0 spiro atoms. The van der Waals surface area contributed by atoms with Crippen molar-refractivity contribution in [3.8, 4) is 0 Å². The van der Waals surface area contributed by atoms with E-state index in [1.165, 1.54) is 12.8 Å². The normalized spacial score (nSPS) is 29.0. The molecule has 0 aromatic carbocycles. The number of nitrogens with one attached hydrogen (secondary N) is 1. The minimum atomic E-state index is -0.768. The number of carboxylic acid groups (broad SMARTS) is 1. The van der Waals surface area contributed by atoms with E-state index in [9.17, 15) is 9.90 Å². The van der Waals surface area contributed by atoms with Gasteiger partial charge in [-0.3, -0.25) is 10.1 Å². The molecule has 0 heterocycles. The second kappa shape index (κ2) is 5.85. The fourth-order valence-corrected chi connectivity index (χ4v) is 3.04. The van der Waals surface area contributed by atoms with E-state index in [0.717, 1.165) is 18.8 Å². The van der Waals surface area contributed by atoms with Crippen LogP contribution in [0.3, 0.4) is 0 Å². The predicted octanol–water partition coefficient (Wildman–Crippen LogP) is 3.04. The Labute approximate surface area is 105 Å². The van der Waals surface area contributed by atoms with Crippen molar-refractivity contribution < 1.29 is 9.90 Å². The van der Waals surface area contributed by atoms with Gasteiger partial charge in [0.05, 0.1) is 0 Å². The van der Waals surface area contributed by atoms with Crippen LogP contribution in [-0.2, 0) is 4.79 Å². The minimum Gasteiger partial charge on any atom is -0.480 e. The van der Waals surface area contributed by atoms with Gasteiger partial charge >= 0.3 is 5.97 Å². The topological polar surface area (TPSA) is 49.3 Å². The molecule has 3 heteroatoms. The summed E-state index contributed by atoms with van der Waals surface area (Å²) in [6, 6.07) is 0.374. The summed E-state index contributed by atoms with van der Waals surface area (Å²) in [5, 5.41) is 12.8. The van der Waals surface area contributed by atoms with Gasteiger partial charge in [-0.2, -0.15) is 0 Å². The Kier molecular flexibility index (Phi) is 4.99. The Morgan fingerprint density at radius 2 is 2.12 bits per heavy atom. The van der Waals surface area contributed by atoms with Crippen molar-refractivity contribution in [3.63, 3.8) is 0 Å². The second-order valence-electron chi connectivity index (χ2n) is 6.35. The molecular weight excluding hydrogens is 214 g/mol. The summed E-state index contributed by atoms with van der Waals surface area (Å²) in [5.41, 5.74) is -0.768. The summed E-state index contributed by atoms with van der Waals surface area (Å²) < 4.78 is 0. The van der Waals surface area contributed by atoms with Crippen LogP contribution in [-0.4, -0.2) is 22.7 Å². The molecule has 0 aromatic heterocycles. The van der Waals surface area contributed by atoms with Crippen LogP contribution in [0.1, 0.15) is 59.8 Å². The van der Waals surface area contributed by atoms with E-state index in [1.807, 2.05) is 6.92 Å². The van der Waals surface area contributed by atoms with Crippen molar-refractivity contribution in [2.24, 2.45) is 11.8 Å². The number of hydrogen-bond acceptors (Lipinski definition) is 2. The van der Waals surface area contributed by atoms with E-state index >= 15 is 0 Å². The smallest absolute Gasteiger partial charge is 0.323 e. The third kappa shape index (κ3) is 4.30. The molecule has 1 aliphatic carbocycles. The molecule has 1 fully saturated rings. The van der Waals surface area contributed by atoms with Gasteiger partial charge in [0, 0.05) is 6.04 Å². The zero-order chi connectivity index (χ0) is 13.1. The first-order valence-electron chi connectivity index (χ1n) is 6.84. The number of carbonyl (C=O) groups is 1. The van der Waals surface area contributed by atoms with Gasteiger partial charge in [-0.1, -0.05) is 33.6 Å². The largest absolute Gasteiger partial charge is 0.480 e. The summed E-state index contributed by atoms with van der Waals surface area (Å²) in [7, 11) is 0. The van der Waals surface area contributed by atoms with Crippen LogP contribution in [0.2, 0.25) is 0 Å². The zero-order valence-corrected chi connectivity index (χ0v) is 11.6. The molecule has 17 heavy (non-hydrogen) atoms. The Balaban J connectivity index is 2.62. The van der Waals surface area contributed by atoms with Crippen molar-refractivity contribution in [1.82, 2.24) is 5.32 Å². The summed E-state index contributed by atoms with van der Waals surface area (Å²) >= 11 is 0. The van der Waals surface area contributed by atoms with Crippen molar-refractivity contribution in [1.29, 1.82) is 0 Å². The van der Waals surface area contributed by atoms with Gasteiger partial charge in [-0.25, -0.2) is 0 Å². The molecular formula is C14H27NO2. The van der Waals surface area contributed by atoms with Crippen LogP contribution in [0, 0.1) is 11.8 Å². The Hall–Kier alpha value is -0.570.